The lowest BCUT2D eigenvalue weighted by Crippen LogP contribution is -2.09. The van der Waals surface area contributed by atoms with Crippen LogP contribution in [0.25, 0.3) is 22.4 Å². The largest absolute Gasteiger partial charge is 0.417 e. The Balaban J connectivity index is 1.85. The van der Waals surface area contributed by atoms with Gasteiger partial charge in [0.15, 0.2) is 0 Å². The van der Waals surface area contributed by atoms with E-state index in [9.17, 15) is 13.2 Å². The third-order valence-corrected chi connectivity index (χ3v) is 5.48. The molecule has 1 aliphatic carbocycles. The maximum Gasteiger partial charge on any atom is 0.417 e. The molecule has 1 heterocycles. The summed E-state index contributed by atoms with van der Waals surface area (Å²) in [5.74, 6) is 0.303. The highest BCUT2D eigenvalue weighted by Gasteiger charge is 2.36. The summed E-state index contributed by atoms with van der Waals surface area (Å²) in [6.45, 7) is 4.00. The Labute approximate surface area is 156 Å². The van der Waals surface area contributed by atoms with E-state index in [4.69, 9.17) is 0 Å². The fraction of sp³-hybridized carbons (Fsp3) is 0.318. The first-order valence-corrected chi connectivity index (χ1v) is 9.10. The first-order chi connectivity index (χ1) is 12.8. The van der Waals surface area contributed by atoms with Crippen LogP contribution in [0, 0.1) is 6.92 Å². The third kappa shape index (κ3) is 3.05. The SMILES string of the molecule is Cc1cc(-c2ccc(-c3c(C(F)(F)F)ccc4c3CC[C@H]4C)cc2)n(C)n1. The molecule has 27 heavy (non-hydrogen) atoms. The van der Waals surface area contributed by atoms with Crippen molar-refractivity contribution in [3.8, 4) is 22.4 Å². The van der Waals surface area contributed by atoms with Crippen LogP contribution in [0.1, 0.15) is 41.6 Å². The van der Waals surface area contributed by atoms with Crippen LogP contribution in [0.3, 0.4) is 0 Å². The molecule has 1 atom stereocenters. The Morgan fingerprint density at radius 3 is 2.30 bits per heavy atom. The zero-order valence-electron chi connectivity index (χ0n) is 15.6. The molecule has 0 saturated carbocycles. The molecular weight excluding hydrogens is 349 g/mol. The minimum Gasteiger partial charge on any atom is -0.268 e. The summed E-state index contributed by atoms with van der Waals surface area (Å²) in [5, 5.41) is 4.34. The minimum absolute atomic E-state index is 0.303. The van der Waals surface area contributed by atoms with Gasteiger partial charge in [0.25, 0.3) is 0 Å². The number of hydrogen-bond acceptors (Lipinski definition) is 1. The van der Waals surface area contributed by atoms with Gasteiger partial charge in [-0.2, -0.15) is 18.3 Å². The van der Waals surface area contributed by atoms with Gasteiger partial charge in [-0.05, 0) is 65.6 Å². The normalized spacial score (nSPS) is 16.6. The number of alkyl halides is 3. The van der Waals surface area contributed by atoms with Gasteiger partial charge in [0, 0.05) is 7.05 Å². The van der Waals surface area contributed by atoms with E-state index in [1.54, 1.807) is 22.9 Å². The highest BCUT2D eigenvalue weighted by atomic mass is 19.4. The van der Waals surface area contributed by atoms with Gasteiger partial charge in [-0.3, -0.25) is 4.68 Å². The van der Waals surface area contributed by atoms with Gasteiger partial charge in [-0.15, -0.1) is 0 Å². The van der Waals surface area contributed by atoms with Crippen molar-refractivity contribution < 1.29 is 13.2 Å². The molecular formula is C22H21F3N2. The standard InChI is InChI=1S/C22H21F3N2/c1-13-4-9-18-17(13)10-11-19(22(23,24)25)21(18)16-7-5-15(6-8-16)20-12-14(2)26-27(20)3/h5-8,10-13H,4,9H2,1-3H3/t13-/m1/s1. The van der Waals surface area contributed by atoms with E-state index in [1.807, 2.05) is 32.2 Å². The molecule has 2 nitrogen and oxygen atoms in total. The van der Waals surface area contributed by atoms with Crippen LogP contribution in [-0.4, -0.2) is 9.78 Å². The van der Waals surface area contributed by atoms with Gasteiger partial charge in [0.05, 0.1) is 17.0 Å². The van der Waals surface area contributed by atoms with Crippen LogP contribution in [0.2, 0.25) is 0 Å². The van der Waals surface area contributed by atoms with Crippen molar-refractivity contribution in [2.45, 2.75) is 38.8 Å². The molecule has 0 fully saturated rings. The maximum atomic E-state index is 13.7. The molecule has 0 saturated heterocycles. The van der Waals surface area contributed by atoms with Crippen molar-refractivity contribution in [2.24, 2.45) is 7.05 Å². The monoisotopic (exact) mass is 370 g/mol. The van der Waals surface area contributed by atoms with Crippen LogP contribution >= 0.6 is 0 Å². The zero-order chi connectivity index (χ0) is 19.3. The topological polar surface area (TPSA) is 17.8 Å². The van der Waals surface area contributed by atoms with Crippen molar-refractivity contribution in [2.75, 3.05) is 0 Å². The summed E-state index contributed by atoms with van der Waals surface area (Å²) >= 11 is 0. The predicted octanol–water partition coefficient (Wildman–Crippen LogP) is 6.13. The van der Waals surface area contributed by atoms with Crippen LogP contribution in [0.4, 0.5) is 13.2 Å². The lowest BCUT2D eigenvalue weighted by molar-refractivity contribution is -0.137. The molecule has 0 radical (unpaired) electrons. The Hall–Kier alpha value is -2.56. The second-order valence-corrected chi connectivity index (χ2v) is 7.37. The molecule has 0 aliphatic heterocycles. The quantitative estimate of drug-likeness (QED) is 0.530. The van der Waals surface area contributed by atoms with Gasteiger partial charge in [-0.25, -0.2) is 0 Å². The third-order valence-electron chi connectivity index (χ3n) is 5.48. The van der Waals surface area contributed by atoms with Crippen molar-refractivity contribution in [1.29, 1.82) is 0 Å². The summed E-state index contributed by atoms with van der Waals surface area (Å²) in [5.41, 5.74) is 5.11. The number of rotatable bonds is 2. The molecule has 0 spiro atoms. The van der Waals surface area contributed by atoms with E-state index in [0.717, 1.165) is 34.5 Å². The Kier molecular flexibility index (Phi) is 4.13. The molecule has 140 valence electrons. The Morgan fingerprint density at radius 1 is 1.04 bits per heavy atom. The number of fused-ring (bicyclic) bond motifs is 1. The molecule has 2 aromatic carbocycles. The molecule has 4 rings (SSSR count). The number of aryl methyl sites for hydroxylation is 2. The maximum absolute atomic E-state index is 13.7. The van der Waals surface area contributed by atoms with Gasteiger partial charge in [0.2, 0.25) is 0 Å². The van der Waals surface area contributed by atoms with E-state index >= 15 is 0 Å². The van der Waals surface area contributed by atoms with Crippen LogP contribution in [0.15, 0.2) is 42.5 Å². The molecule has 0 bridgehead atoms. The lowest BCUT2D eigenvalue weighted by Gasteiger charge is -2.18. The highest BCUT2D eigenvalue weighted by molar-refractivity contribution is 5.76. The van der Waals surface area contributed by atoms with Crippen LogP contribution in [-0.2, 0) is 19.6 Å². The van der Waals surface area contributed by atoms with E-state index in [-0.39, 0.29) is 0 Å². The zero-order valence-corrected chi connectivity index (χ0v) is 15.6. The van der Waals surface area contributed by atoms with Crippen molar-refractivity contribution >= 4 is 0 Å². The van der Waals surface area contributed by atoms with Crippen LogP contribution < -0.4 is 0 Å². The summed E-state index contributed by atoms with van der Waals surface area (Å²) < 4.78 is 42.8. The Bertz CT molecular complexity index is 998. The number of halogens is 3. The van der Waals surface area contributed by atoms with E-state index in [1.165, 1.54) is 6.07 Å². The fourth-order valence-electron chi connectivity index (χ4n) is 4.17. The average molecular weight is 370 g/mol. The first kappa shape index (κ1) is 17.8. The van der Waals surface area contributed by atoms with Gasteiger partial charge in [-0.1, -0.05) is 37.3 Å². The first-order valence-electron chi connectivity index (χ1n) is 9.10. The Morgan fingerprint density at radius 2 is 1.70 bits per heavy atom. The molecule has 1 aromatic heterocycles. The molecule has 1 aliphatic rings. The summed E-state index contributed by atoms with van der Waals surface area (Å²) in [4.78, 5) is 0. The lowest BCUT2D eigenvalue weighted by atomic mass is 9.90. The van der Waals surface area contributed by atoms with Gasteiger partial charge >= 0.3 is 6.18 Å². The second-order valence-electron chi connectivity index (χ2n) is 7.37. The molecule has 5 heteroatoms. The van der Waals surface area contributed by atoms with Crippen molar-refractivity contribution in [3.05, 3.63) is 64.8 Å². The molecule has 0 unspecified atom stereocenters. The van der Waals surface area contributed by atoms with Gasteiger partial charge in [0.1, 0.15) is 0 Å². The highest BCUT2D eigenvalue weighted by Crippen LogP contribution is 2.45. The minimum atomic E-state index is -4.37. The molecule has 3 aromatic rings. The van der Waals surface area contributed by atoms with E-state index in [0.29, 0.717) is 23.5 Å². The van der Waals surface area contributed by atoms with Crippen LogP contribution in [0.5, 0.6) is 0 Å². The summed E-state index contributed by atoms with van der Waals surface area (Å²) in [7, 11) is 1.86. The fourth-order valence-corrected chi connectivity index (χ4v) is 4.17. The second kappa shape index (κ2) is 6.25. The number of nitrogens with zero attached hydrogens (tertiary/aromatic N) is 2. The number of hydrogen-bond donors (Lipinski definition) is 0. The van der Waals surface area contributed by atoms with Crippen molar-refractivity contribution in [3.63, 3.8) is 0 Å². The van der Waals surface area contributed by atoms with Crippen molar-refractivity contribution in [1.82, 2.24) is 9.78 Å². The van der Waals surface area contributed by atoms with E-state index in [2.05, 4.69) is 12.0 Å². The molecule has 0 amide bonds. The smallest absolute Gasteiger partial charge is 0.268 e. The molecule has 0 N–H and O–H groups in total. The average Bonchev–Trinajstić information content (AvgIpc) is 3.15. The summed E-state index contributed by atoms with van der Waals surface area (Å²) in [6, 6.07) is 12.2. The number of benzene rings is 2. The number of aromatic nitrogens is 2. The summed E-state index contributed by atoms with van der Waals surface area (Å²) in [6.07, 6.45) is -2.78. The van der Waals surface area contributed by atoms with E-state index < -0.39 is 11.7 Å². The predicted molar refractivity (Wildman–Crippen MR) is 101 cm³/mol. The van der Waals surface area contributed by atoms with Gasteiger partial charge < -0.3 is 0 Å².